The fraction of sp³-hybridized carbons (Fsp3) is 0.0769. The molecule has 2 rings (SSSR count). The first-order chi connectivity index (χ1) is 9.65. The van der Waals surface area contributed by atoms with E-state index in [1.54, 1.807) is 30.3 Å². The molecule has 2 aromatic rings. The summed E-state index contributed by atoms with van der Waals surface area (Å²) in [4.78, 5) is 11.5. The van der Waals surface area contributed by atoms with Gasteiger partial charge in [-0.3, -0.25) is 4.79 Å². The molecule has 1 amide bonds. The zero-order chi connectivity index (χ0) is 14.4. The molecule has 1 heterocycles. The number of hydrazone groups is 1. The van der Waals surface area contributed by atoms with Gasteiger partial charge in [0.25, 0.3) is 5.91 Å². The fourth-order valence-electron chi connectivity index (χ4n) is 1.30. The van der Waals surface area contributed by atoms with E-state index in [4.69, 9.17) is 20.8 Å². The summed E-state index contributed by atoms with van der Waals surface area (Å²) in [7, 11) is 0. The monoisotopic (exact) mass is 356 g/mol. The van der Waals surface area contributed by atoms with Crippen molar-refractivity contribution >= 4 is 39.7 Å². The number of amides is 1. The van der Waals surface area contributed by atoms with E-state index in [9.17, 15) is 4.79 Å². The number of carbonyl (C=O) groups is 1. The Balaban J connectivity index is 1.80. The standard InChI is InChI=1S/C13H10BrClN2O3/c14-11-6-9(15)3-4-12(11)20-8-13(18)17-16-7-10-2-1-5-19-10/h1-7H,8H2,(H,17,18)/b16-7-. The summed E-state index contributed by atoms with van der Waals surface area (Å²) in [6, 6.07) is 8.48. The van der Waals surface area contributed by atoms with Crippen LogP contribution in [0.4, 0.5) is 0 Å². The van der Waals surface area contributed by atoms with E-state index in [1.165, 1.54) is 12.5 Å². The molecular formula is C13H10BrClN2O3. The maximum absolute atomic E-state index is 11.5. The van der Waals surface area contributed by atoms with Crippen molar-refractivity contribution in [2.24, 2.45) is 5.10 Å². The fourth-order valence-corrected chi connectivity index (χ4v) is 2.10. The molecule has 1 aromatic carbocycles. The Bertz CT molecular complexity index is 614. The van der Waals surface area contributed by atoms with Gasteiger partial charge < -0.3 is 9.15 Å². The topological polar surface area (TPSA) is 63.8 Å². The Hall–Kier alpha value is -1.79. The smallest absolute Gasteiger partial charge is 0.277 e. The molecule has 0 radical (unpaired) electrons. The number of nitrogens with zero attached hydrogens (tertiary/aromatic N) is 1. The molecule has 5 nitrogen and oxygen atoms in total. The first-order valence-corrected chi connectivity index (χ1v) is 6.75. The Morgan fingerprint density at radius 2 is 2.35 bits per heavy atom. The van der Waals surface area contributed by atoms with E-state index in [-0.39, 0.29) is 12.5 Å². The zero-order valence-corrected chi connectivity index (χ0v) is 12.5. The molecular weight excluding hydrogens is 348 g/mol. The molecule has 104 valence electrons. The van der Waals surface area contributed by atoms with Gasteiger partial charge in [0.15, 0.2) is 6.61 Å². The van der Waals surface area contributed by atoms with Gasteiger partial charge in [0.2, 0.25) is 0 Å². The largest absolute Gasteiger partial charge is 0.483 e. The third-order valence-corrected chi connectivity index (χ3v) is 3.03. The van der Waals surface area contributed by atoms with E-state index in [1.807, 2.05) is 0 Å². The van der Waals surface area contributed by atoms with Crippen molar-refractivity contribution in [1.82, 2.24) is 5.43 Å². The van der Waals surface area contributed by atoms with Gasteiger partial charge in [-0.25, -0.2) is 5.43 Å². The van der Waals surface area contributed by atoms with Crippen LogP contribution in [0.15, 0.2) is 50.6 Å². The number of hydrogen-bond donors (Lipinski definition) is 1. The summed E-state index contributed by atoms with van der Waals surface area (Å²) in [5.74, 6) is 0.695. The van der Waals surface area contributed by atoms with Gasteiger partial charge in [-0.1, -0.05) is 11.6 Å². The number of carbonyl (C=O) groups excluding carboxylic acids is 1. The average Bonchev–Trinajstić information content (AvgIpc) is 2.91. The van der Waals surface area contributed by atoms with Crippen LogP contribution in [0.1, 0.15) is 5.76 Å². The Kier molecular flexibility index (Phi) is 5.20. The lowest BCUT2D eigenvalue weighted by atomic mass is 10.3. The molecule has 0 aliphatic heterocycles. The third kappa shape index (κ3) is 4.40. The molecule has 1 N–H and O–H groups in total. The summed E-state index contributed by atoms with van der Waals surface area (Å²) >= 11 is 9.10. The highest BCUT2D eigenvalue weighted by atomic mass is 79.9. The number of ether oxygens (including phenoxy) is 1. The first kappa shape index (κ1) is 14.6. The first-order valence-electron chi connectivity index (χ1n) is 5.58. The highest BCUT2D eigenvalue weighted by molar-refractivity contribution is 9.10. The molecule has 0 fully saturated rings. The minimum Gasteiger partial charge on any atom is -0.483 e. The van der Waals surface area contributed by atoms with Gasteiger partial charge in [0, 0.05) is 5.02 Å². The average molecular weight is 358 g/mol. The van der Waals surface area contributed by atoms with E-state index in [0.29, 0.717) is 21.0 Å². The highest BCUT2D eigenvalue weighted by Crippen LogP contribution is 2.27. The Labute approximate surface area is 128 Å². The number of benzene rings is 1. The Morgan fingerprint density at radius 3 is 3.05 bits per heavy atom. The van der Waals surface area contributed by atoms with Crippen LogP contribution in [-0.2, 0) is 4.79 Å². The maximum Gasteiger partial charge on any atom is 0.277 e. The van der Waals surface area contributed by atoms with Crippen molar-refractivity contribution in [1.29, 1.82) is 0 Å². The van der Waals surface area contributed by atoms with E-state index >= 15 is 0 Å². The van der Waals surface area contributed by atoms with Gasteiger partial charge in [-0.15, -0.1) is 0 Å². The lowest BCUT2D eigenvalue weighted by Gasteiger charge is -2.07. The molecule has 20 heavy (non-hydrogen) atoms. The summed E-state index contributed by atoms with van der Waals surface area (Å²) in [5.41, 5.74) is 2.33. The van der Waals surface area contributed by atoms with Gasteiger partial charge >= 0.3 is 0 Å². The van der Waals surface area contributed by atoms with Gasteiger partial charge in [0.05, 0.1) is 17.0 Å². The van der Waals surface area contributed by atoms with Crippen molar-refractivity contribution in [3.05, 3.63) is 51.9 Å². The minimum absolute atomic E-state index is 0.157. The molecule has 0 spiro atoms. The number of hydrogen-bond acceptors (Lipinski definition) is 4. The van der Waals surface area contributed by atoms with Crippen molar-refractivity contribution < 1.29 is 13.9 Å². The van der Waals surface area contributed by atoms with Crippen molar-refractivity contribution in [3.63, 3.8) is 0 Å². The molecule has 0 saturated heterocycles. The maximum atomic E-state index is 11.5. The molecule has 0 unspecified atom stereocenters. The van der Waals surface area contributed by atoms with Crippen LogP contribution < -0.4 is 10.2 Å². The van der Waals surface area contributed by atoms with E-state index < -0.39 is 0 Å². The third-order valence-electron chi connectivity index (χ3n) is 2.18. The molecule has 0 saturated carbocycles. The zero-order valence-electron chi connectivity index (χ0n) is 10.2. The van der Waals surface area contributed by atoms with Crippen molar-refractivity contribution in [2.45, 2.75) is 0 Å². The second-order valence-electron chi connectivity index (χ2n) is 3.67. The number of nitrogens with one attached hydrogen (secondary N) is 1. The summed E-state index contributed by atoms with van der Waals surface area (Å²) in [6.07, 6.45) is 2.92. The number of halogens is 2. The van der Waals surface area contributed by atoms with Crippen LogP contribution in [0.25, 0.3) is 0 Å². The highest BCUT2D eigenvalue weighted by Gasteiger charge is 2.05. The summed E-state index contributed by atoms with van der Waals surface area (Å²) < 4.78 is 11.0. The van der Waals surface area contributed by atoms with E-state index in [2.05, 4.69) is 26.5 Å². The van der Waals surface area contributed by atoms with Crippen LogP contribution in [0, 0.1) is 0 Å². The predicted molar refractivity (Wildman–Crippen MR) is 79.1 cm³/mol. The lowest BCUT2D eigenvalue weighted by molar-refractivity contribution is -0.123. The summed E-state index contributed by atoms with van der Waals surface area (Å²) in [6.45, 7) is -0.157. The number of rotatable bonds is 5. The quantitative estimate of drug-likeness (QED) is 0.660. The van der Waals surface area contributed by atoms with Crippen molar-refractivity contribution in [3.8, 4) is 5.75 Å². The molecule has 0 bridgehead atoms. The van der Waals surface area contributed by atoms with Crippen LogP contribution in [0.3, 0.4) is 0 Å². The second kappa shape index (κ2) is 7.12. The van der Waals surface area contributed by atoms with Crippen LogP contribution in [0.2, 0.25) is 5.02 Å². The lowest BCUT2D eigenvalue weighted by Crippen LogP contribution is -2.24. The van der Waals surface area contributed by atoms with Crippen LogP contribution in [0.5, 0.6) is 5.75 Å². The second-order valence-corrected chi connectivity index (χ2v) is 4.96. The van der Waals surface area contributed by atoms with E-state index in [0.717, 1.165) is 0 Å². The van der Waals surface area contributed by atoms with Gasteiger partial charge in [0.1, 0.15) is 11.5 Å². The van der Waals surface area contributed by atoms with Crippen LogP contribution in [-0.4, -0.2) is 18.7 Å². The normalized spacial score (nSPS) is 10.7. The molecule has 1 aromatic heterocycles. The number of furan rings is 1. The molecule has 0 atom stereocenters. The van der Waals surface area contributed by atoms with Gasteiger partial charge in [-0.2, -0.15) is 5.10 Å². The molecule has 0 aliphatic rings. The molecule has 0 aliphatic carbocycles. The molecule has 7 heteroatoms. The van der Waals surface area contributed by atoms with Gasteiger partial charge in [-0.05, 0) is 46.3 Å². The minimum atomic E-state index is -0.380. The summed E-state index contributed by atoms with van der Waals surface area (Å²) in [5, 5.41) is 4.31. The Morgan fingerprint density at radius 1 is 1.50 bits per heavy atom. The SMILES string of the molecule is O=C(COc1ccc(Cl)cc1Br)N/N=C\c1ccco1. The van der Waals surface area contributed by atoms with Crippen LogP contribution >= 0.6 is 27.5 Å². The van der Waals surface area contributed by atoms with Crippen molar-refractivity contribution in [2.75, 3.05) is 6.61 Å². The predicted octanol–water partition coefficient (Wildman–Crippen LogP) is 3.22.